The molecule has 0 aliphatic carbocycles. The third kappa shape index (κ3) is 4.70. The molecule has 4 aromatic rings. The minimum absolute atomic E-state index is 0.311. The second-order valence-electron chi connectivity index (χ2n) is 6.77. The van der Waals surface area contributed by atoms with Gasteiger partial charge in [-0.25, -0.2) is 9.37 Å². The number of anilines is 3. The van der Waals surface area contributed by atoms with Crippen LogP contribution in [-0.2, 0) is 6.54 Å². The second-order valence-corrected chi connectivity index (χ2v) is 6.77. The molecule has 0 spiro atoms. The molecule has 0 bridgehead atoms. The van der Waals surface area contributed by atoms with E-state index in [4.69, 9.17) is 0 Å². The standard InChI is InChI=1S/C25H20FN3O/c26-21-13-11-20(12-14-21)25(30)28-22-15-16-24(27-17-22)29(23-9-5-2-6-10-23)18-19-7-3-1-4-8-19/h1-17H,18H2,(H,28,30). The van der Waals surface area contributed by atoms with Crippen LogP contribution in [0.4, 0.5) is 21.6 Å². The molecule has 1 aromatic heterocycles. The highest BCUT2D eigenvalue weighted by Crippen LogP contribution is 2.26. The molecule has 1 N–H and O–H groups in total. The van der Waals surface area contributed by atoms with Gasteiger partial charge in [-0.2, -0.15) is 0 Å². The third-order valence-electron chi connectivity index (χ3n) is 4.64. The molecule has 0 atom stereocenters. The van der Waals surface area contributed by atoms with E-state index in [1.807, 2.05) is 60.7 Å². The summed E-state index contributed by atoms with van der Waals surface area (Å²) in [7, 11) is 0. The quantitative estimate of drug-likeness (QED) is 0.446. The van der Waals surface area contributed by atoms with Gasteiger partial charge in [0.15, 0.2) is 0 Å². The van der Waals surface area contributed by atoms with Gasteiger partial charge >= 0.3 is 0 Å². The van der Waals surface area contributed by atoms with Gasteiger partial charge in [-0.15, -0.1) is 0 Å². The van der Waals surface area contributed by atoms with Gasteiger partial charge in [0, 0.05) is 17.8 Å². The molecule has 0 radical (unpaired) electrons. The molecular formula is C25H20FN3O. The molecule has 4 rings (SSSR count). The maximum atomic E-state index is 13.0. The lowest BCUT2D eigenvalue weighted by molar-refractivity contribution is 0.102. The number of hydrogen-bond acceptors (Lipinski definition) is 3. The Kier molecular flexibility index (Phi) is 5.80. The Morgan fingerprint density at radius 1 is 0.833 bits per heavy atom. The lowest BCUT2D eigenvalue weighted by Gasteiger charge is -2.24. The molecule has 0 saturated carbocycles. The molecule has 0 fully saturated rings. The molecule has 148 valence electrons. The van der Waals surface area contributed by atoms with Crippen LogP contribution >= 0.6 is 0 Å². The van der Waals surface area contributed by atoms with E-state index in [0.717, 1.165) is 17.1 Å². The van der Waals surface area contributed by atoms with Gasteiger partial charge in [0.25, 0.3) is 5.91 Å². The monoisotopic (exact) mass is 397 g/mol. The molecular weight excluding hydrogens is 377 g/mol. The number of carbonyl (C=O) groups is 1. The van der Waals surface area contributed by atoms with E-state index in [2.05, 4.69) is 27.3 Å². The van der Waals surface area contributed by atoms with E-state index in [9.17, 15) is 9.18 Å². The van der Waals surface area contributed by atoms with Crippen LogP contribution in [0.1, 0.15) is 15.9 Å². The van der Waals surface area contributed by atoms with E-state index in [0.29, 0.717) is 17.8 Å². The Balaban J connectivity index is 1.55. The summed E-state index contributed by atoms with van der Waals surface area (Å²) in [4.78, 5) is 19.0. The van der Waals surface area contributed by atoms with Gasteiger partial charge in [-0.3, -0.25) is 4.79 Å². The largest absolute Gasteiger partial charge is 0.322 e. The molecule has 0 unspecified atom stereocenters. The van der Waals surface area contributed by atoms with Gasteiger partial charge in [-0.05, 0) is 54.1 Å². The van der Waals surface area contributed by atoms with Gasteiger partial charge in [-0.1, -0.05) is 48.5 Å². The highest BCUT2D eigenvalue weighted by atomic mass is 19.1. The predicted molar refractivity (Wildman–Crippen MR) is 117 cm³/mol. The summed E-state index contributed by atoms with van der Waals surface area (Å²) in [5.41, 5.74) is 3.14. The molecule has 5 heteroatoms. The summed E-state index contributed by atoms with van der Waals surface area (Å²) in [6, 6.07) is 29.3. The number of pyridine rings is 1. The molecule has 0 aliphatic heterocycles. The number of hydrogen-bond donors (Lipinski definition) is 1. The van der Waals surface area contributed by atoms with Gasteiger partial charge in [0.2, 0.25) is 0 Å². The van der Waals surface area contributed by atoms with E-state index >= 15 is 0 Å². The number of nitrogens with zero attached hydrogens (tertiary/aromatic N) is 2. The first-order valence-corrected chi connectivity index (χ1v) is 9.58. The summed E-state index contributed by atoms with van der Waals surface area (Å²) >= 11 is 0. The fourth-order valence-electron chi connectivity index (χ4n) is 3.10. The Labute approximate surface area is 174 Å². The van der Waals surface area contributed by atoms with E-state index in [-0.39, 0.29) is 11.7 Å². The van der Waals surface area contributed by atoms with Crippen molar-refractivity contribution in [2.45, 2.75) is 6.54 Å². The lowest BCUT2D eigenvalue weighted by atomic mass is 10.2. The lowest BCUT2D eigenvalue weighted by Crippen LogP contribution is -2.18. The summed E-state index contributed by atoms with van der Waals surface area (Å²) in [5.74, 6) is 0.0792. The van der Waals surface area contributed by atoms with Crippen molar-refractivity contribution in [3.63, 3.8) is 0 Å². The van der Waals surface area contributed by atoms with Crippen LogP contribution in [0, 0.1) is 5.82 Å². The Morgan fingerprint density at radius 3 is 2.13 bits per heavy atom. The summed E-state index contributed by atoms with van der Waals surface area (Å²) in [6.07, 6.45) is 1.62. The normalized spacial score (nSPS) is 10.4. The van der Waals surface area contributed by atoms with Gasteiger partial charge < -0.3 is 10.2 Å². The molecule has 0 aliphatic rings. The SMILES string of the molecule is O=C(Nc1ccc(N(Cc2ccccc2)c2ccccc2)nc1)c1ccc(F)cc1. The maximum Gasteiger partial charge on any atom is 0.255 e. The Hall–Kier alpha value is -3.99. The Morgan fingerprint density at radius 2 is 1.50 bits per heavy atom. The summed E-state index contributed by atoms with van der Waals surface area (Å²) in [6.45, 7) is 0.666. The van der Waals surface area contributed by atoms with Crippen molar-refractivity contribution >= 4 is 23.1 Å². The van der Waals surface area contributed by atoms with Crippen LogP contribution in [0.25, 0.3) is 0 Å². The minimum Gasteiger partial charge on any atom is -0.322 e. The van der Waals surface area contributed by atoms with Crippen molar-refractivity contribution in [1.29, 1.82) is 0 Å². The van der Waals surface area contributed by atoms with Crippen LogP contribution in [0.15, 0.2) is 103 Å². The number of para-hydroxylation sites is 1. The van der Waals surface area contributed by atoms with Crippen molar-refractivity contribution in [2.75, 3.05) is 10.2 Å². The fraction of sp³-hybridized carbons (Fsp3) is 0.0400. The fourth-order valence-corrected chi connectivity index (χ4v) is 3.10. The smallest absolute Gasteiger partial charge is 0.255 e. The van der Waals surface area contributed by atoms with Gasteiger partial charge in [0.1, 0.15) is 11.6 Å². The topological polar surface area (TPSA) is 45.2 Å². The first-order chi connectivity index (χ1) is 14.7. The maximum absolute atomic E-state index is 13.0. The predicted octanol–water partition coefficient (Wildman–Crippen LogP) is 5.81. The number of amides is 1. The van der Waals surface area contributed by atoms with Crippen molar-refractivity contribution in [2.24, 2.45) is 0 Å². The molecule has 0 saturated heterocycles. The van der Waals surface area contributed by atoms with E-state index < -0.39 is 0 Å². The van der Waals surface area contributed by atoms with Crippen molar-refractivity contribution in [3.8, 4) is 0 Å². The number of benzene rings is 3. The second kappa shape index (κ2) is 9.01. The zero-order valence-electron chi connectivity index (χ0n) is 16.2. The number of rotatable bonds is 6. The van der Waals surface area contributed by atoms with Crippen LogP contribution in [0.3, 0.4) is 0 Å². The van der Waals surface area contributed by atoms with Crippen LogP contribution in [-0.4, -0.2) is 10.9 Å². The zero-order valence-corrected chi connectivity index (χ0v) is 16.2. The average Bonchev–Trinajstić information content (AvgIpc) is 2.80. The molecule has 4 nitrogen and oxygen atoms in total. The van der Waals surface area contributed by atoms with Crippen LogP contribution in [0.2, 0.25) is 0 Å². The molecule has 30 heavy (non-hydrogen) atoms. The zero-order chi connectivity index (χ0) is 20.8. The number of halogens is 1. The number of aromatic nitrogens is 1. The number of nitrogens with one attached hydrogen (secondary N) is 1. The molecule has 1 amide bonds. The number of carbonyl (C=O) groups excluding carboxylic acids is 1. The van der Waals surface area contributed by atoms with E-state index in [1.54, 1.807) is 6.20 Å². The van der Waals surface area contributed by atoms with E-state index in [1.165, 1.54) is 24.3 Å². The van der Waals surface area contributed by atoms with Crippen LogP contribution < -0.4 is 10.2 Å². The summed E-state index contributed by atoms with van der Waals surface area (Å²) in [5, 5.41) is 2.79. The summed E-state index contributed by atoms with van der Waals surface area (Å²) < 4.78 is 13.0. The highest BCUT2D eigenvalue weighted by molar-refractivity contribution is 6.04. The van der Waals surface area contributed by atoms with Gasteiger partial charge in [0.05, 0.1) is 11.9 Å². The minimum atomic E-state index is -0.378. The van der Waals surface area contributed by atoms with Crippen LogP contribution in [0.5, 0.6) is 0 Å². The van der Waals surface area contributed by atoms with Crippen molar-refractivity contribution < 1.29 is 9.18 Å². The molecule has 3 aromatic carbocycles. The third-order valence-corrected chi connectivity index (χ3v) is 4.64. The first-order valence-electron chi connectivity index (χ1n) is 9.58. The van der Waals surface area contributed by atoms with Crippen molar-refractivity contribution in [3.05, 3.63) is 120 Å². The molecule has 1 heterocycles. The first kappa shape index (κ1) is 19.3. The average molecular weight is 397 g/mol. The highest BCUT2D eigenvalue weighted by Gasteiger charge is 2.12. The van der Waals surface area contributed by atoms with Crippen molar-refractivity contribution in [1.82, 2.24) is 4.98 Å². The Bertz CT molecular complexity index is 1100.